The Hall–Kier alpha value is -2.76. The summed E-state index contributed by atoms with van der Waals surface area (Å²) in [7, 11) is -2.18. The second-order valence-electron chi connectivity index (χ2n) is 7.01. The lowest BCUT2D eigenvalue weighted by Gasteiger charge is -2.41. The highest BCUT2D eigenvalue weighted by molar-refractivity contribution is 7.89. The van der Waals surface area contributed by atoms with Crippen molar-refractivity contribution < 1.29 is 18.0 Å². The van der Waals surface area contributed by atoms with E-state index in [4.69, 9.17) is 0 Å². The molecule has 1 N–H and O–H groups in total. The summed E-state index contributed by atoms with van der Waals surface area (Å²) >= 11 is 0. The van der Waals surface area contributed by atoms with Crippen molar-refractivity contribution in [2.45, 2.75) is 17.5 Å². The first-order valence-electron chi connectivity index (χ1n) is 9.27. The Morgan fingerprint density at radius 1 is 1.07 bits per heavy atom. The first kappa shape index (κ1) is 19.6. The van der Waals surface area contributed by atoms with Crippen LogP contribution in [0.2, 0.25) is 0 Å². The quantitative estimate of drug-likeness (QED) is 0.753. The molecule has 2 aliphatic rings. The molecule has 154 valence electrons. The second kappa shape index (κ2) is 7.58. The zero-order valence-corrected chi connectivity index (χ0v) is 16.7. The molecule has 0 saturated carbocycles. The van der Waals surface area contributed by atoms with Crippen LogP contribution in [0.1, 0.15) is 6.42 Å². The topological polar surface area (TPSA) is 108 Å². The van der Waals surface area contributed by atoms with Gasteiger partial charge in [-0.1, -0.05) is 0 Å². The monoisotopic (exact) mass is 418 g/mol. The number of benzene rings is 1. The van der Waals surface area contributed by atoms with E-state index in [1.54, 1.807) is 47.4 Å². The number of carbonyl (C=O) groups excluding carboxylic acids is 2. The fourth-order valence-corrected chi connectivity index (χ4v) is 4.95. The van der Waals surface area contributed by atoms with Gasteiger partial charge in [0.2, 0.25) is 15.9 Å². The Morgan fingerprint density at radius 3 is 2.34 bits per heavy atom. The number of nitrogens with one attached hydrogen (secondary N) is 1. The molecule has 0 radical (unpaired) electrons. The maximum atomic E-state index is 13.0. The molecule has 2 saturated heterocycles. The normalized spacial score (nSPS) is 22.0. The maximum Gasteiger partial charge on any atom is 0.325 e. The van der Waals surface area contributed by atoms with E-state index in [2.05, 4.69) is 10.4 Å². The number of sulfonamides is 1. The lowest BCUT2D eigenvalue weighted by Crippen LogP contribution is -2.62. The Bertz CT molecular complexity index is 979. The van der Waals surface area contributed by atoms with Crippen LogP contribution in [0.3, 0.4) is 0 Å². The van der Waals surface area contributed by atoms with Crippen molar-refractivity contribution in [1.29, 1.82) is 0 Å². The number of aromatic nitrogens is 2. The van der Waals surface area contributed by atoms with E-state index in [9.17, 15) is 18.0 Å². The van der Waals surface area contributed by atoms with Gasteiger partial charge in [0.1, 0.15) is 0 Å². The smallest absolute Gasteiger partial charge is 0.322 e. The number of carbonyl (C=O) groups is 2. The van der Waals surface area contributed by atoms with Gasteiger partial charge in [-0.25, -0.2) is 17.9 Å². The fourth-order valence-electron chi connectivity index (χ4n) is 3.52. The van der Waals surface area contributed by atoms with Crippen LogP contribution in [0.5, 0.6) is 0 Å². The number of piperazine rings is 1. The average molecular weight is 418 g/mol. The largest absolute Gasteiger partial charge is 0.325 e. The van der Waals surface area contributed by atoms with Crippen LogP contribution in [0.25, 0.3) is 5.69 Å². The van der Waals surface area contributed by atoms with Crippen molar-refractivity contribution in [3.63, 3.8) is 0 Å². The number of urea groups is 1. The number of nitrogens with zero attached hydrogens (tertiary/aromatic N) is 5. The Kier molecular flexibility index (Phi) is 5.11. The van der Waals surface area contributed by atoms with Crippen molar-refractivity contribution in [1.82, 2.24) is 29.2 Å². The van der Waals surface area contributed by atoms with Crippen molar-refractivity contribution in [2.24, 2.45) is 0 Å². The van der Waals surface area contributed by atoms with Crippen LogP contribution in [-0.4, -0.2) is 83.6 Å². The SMILES string of the molecule is CN1C(=O)CC(N2CCN(S(=O)(=O)c3ccc(-n4cccn4)cc3)CC2)NC1=O. The van der Waals surface area contributed by atoms with Gasteiger partial charge < -0.3 is 5.32 Å². The van der Waals surface area contributed by atoms with E-state index in [1.165, 1.54) is 11.4 Å². The van der Waals surface area contributed by atoms with Crippen molar-refractivity contribution >= 4 is 22.0 Å². The van der Waals surface area contributed by atoms with E-state index in [-0.39, 0.29) is 17.2 Å². The molecule has 0 bridgehead atoms. The Morgan fingerprint density at radius 2 is 1.76 bits per heavy atom. The van der Waals surface area contributed by atoms with Gasteiger partial charge in [-0.05, 0) is 30.3 Å². The van der Waals surface area contributed by atoms with Crippen molar-refractivity contribution in [3.05, 3.63) is 42.7 Å². The molecule has 0 aliphatic carbocycles. The van der Waals surface area contributed by atoms with E-state index in [0.717, 1.165) is 10.6 Å². The molecule has 3 amide bonds. The first-order valence-corrected chi connectivity index (χ1v) is 10.7. The molecule has 2 aliphatic heterocycles. The van der Waals surface area contributed by atoms with Crippen LogP contribution in [0.15, 0.2) is 47.6 Å². The summed E-state index contributed by atoms with van der Waals surface area (Å²) in [6.45, 7) is 1.46. The third-order valence-corrected chi connectivity index (χ3v) is 7.21. The van der Waals surface area contributed by atoms with Gasteiger partial charge >= 0.3 is 6.03 Å². The molecule has 1 unspecified atom stereocenters. The van der Waals surface area contributed by atoms with Gasteiger partial charge in [0, 0.05) is 45.6 Å². The second-order valence-corrected chi connectivity index (χ2v) is 8.94. The molecule has 3 heterocycles. The van der Waals surface area contributed by atoms with Crippen LogP contribution in [0.4, 0.5) is 4.79 Å². The van der Waals surface area contributed by atoms with Crippen LogP contribution >= 0.6 is 0 Å². The highest BCUT2D eigenvalue weighted by Crippen LogP contribution is 2.21. The van der Waals surface area contributed by atoms with E-state index in [0.29, 0.717) is 26.2 Å². The lowest BCUT2D eigenvalue weighted by molar-refractivity contribution is -0.130. The molecule has 2 fully saturated rings. The number of imide groups is 1. The number of amides is 3. The summed E-state index contributed by atoms with van der Waals surface area (Å²) in [5.41, 5.74) is 0.779. The summed E-state index contributed by atoms with van der Waals surface area (Å²) in [6, 6.07) is 7.96. The molecular formula is C18H22N6O4S. The number of rotatable bonds is 4. The molecular weight excluding hydrogens is 396 g/mol. The lowest BCUT2D eigenvalue weighted by atomic mass is 10.2. The minimum atomic E-state index is -3.62. The third-order valence-electron chi connectivity index (χ3n) is 5.29. The fraction of sp³-hybridized carbons (Fsp3) is 0.389. The summed E-state index contributed by atoms with van der Waals surface area (Å²) in [5.74, 6) is -0.244. The third kappa shape index (κ3) is 3.76. The molecule has 2 aromatic rings. The Labute approximate surface area is 168 Å². The molecule has 10 nitrogen and oxygen atoms in total. The Balaban J connectivity index is 1.41. The van der Waals surface area contributed by atoms with Gasteiger partial charge in [-0.2, -0.15) is 9.40 Å². The molecule has 1 aromatic heterocycles. The molecule has 11 heteroatoms. The summed E-state index contributed by atoms with van der Waals surface area (Å²) in [5, 5.41) is 6.92. The summed E-state index contributed by atoms with van der Waals surface area (Å²) in [4.78, 5) is 27.0. The molecule has 0 spiro atoms. The van der Waals surface area contributed by atoms with Crippen molar-refractivity contribution in [2.75, 3.05) is 33.2 Å². The average Bonchev–Trinajstić information content (AvgIpc) is 3.27. The van der Waals surface area contributed by atoms with E-state index < -0.39 is 22.2 Å². The van der Waals surface area contributed by atoms with Crippen LogP contribution in [0, 0.1) is 0 Å². The number of hydrogen-bond acceptors (Lipinski definition) is 6. The molecule has 29 heavy (non-hydrogen) atoms. The molecule has 4 rings (SSSR count). The van der Waals surface area contributed by atoms with E-state index in [1.807, 2.05) is 4.90 Å². The number of hydrogen-bond donors (Lipinski definition) is 1. The standard InChI is InChI=1S/C18H22N6O4S/c1-21-17(25)13-16(20-18(21)26)22-9-11-23(12-10-22)29(27,28)15-5-3-14(4-6-15)24-8-2-7-19-24/h2-8,16H,9-13H2,1H3,(H,20,26). The highest BCUT2D eigenvalue weighted by atomic mass is 32.2. The highest BCUT2D eigenvalue weighted by Gasteiger charge is 2.36. The minimum Gasteiger partial charge on any atom is -0.322 e. The first-order chi connectivity index (χ1) is 13.9. The van der Waals surface area contributed by atoms with Gasteiger partial charge in [0.15, 0.2) is 0 Å². The molecule has 1 atom stereocenters. The van der Waals surface area contributed by atoms with Gasteiger partial charge in [-0.15, -0.1) is 0 Å². The zero-order chi connectivity index (χ0) is 20.6. The van der Waals surface area contributed by atoms with Gasteiger partial charge in [-0.3, -0.25) is 14.6 Å². The maximum absolute atomic E-state index is 13.0. The predicted molar refractivity (Wildman–Crippen MR) is 104 cm³/mol. The van der Waals surface area contributed by atoms with Crippen LogP contribution in [-0.2, 0) is 14.8 Å². The van der Waals surface area contributed by atoms with Gasteiger partial charge in [0.25, 0.3) is 0 Å². The zero-order valence-electron chi connectivity index (χ0n) is 15.9. The minimum absolute atomic E-state index is 0.184. The predicted octanol–water partition coefficient (Wildman–Crippen LogP) is 0.0764. The molecule has 1 aromatic carbocycles. The van der Waals surface area contributed by atoms with Crippen molar-refractivity contribution in [3.8, 4) is 5.69 Å². The summed E-state index contributed by atoms with van der Waals surface area (Å²) in [6.07, 6.45) is 3.23. The van der Waals surface area contributed by atoms with E-state index >= 15 is 0 Å². The van der Waals surface area contributed by atoms with Gasteiger partial charge in [0.05, 0.1) is 23.2 Å². The van der Waals surface area contributed by atoms with Crippen LogP contribution < -0.4 is 5.32 Å². The summed E-state index contributed by atoms with van der Waals surface area (Å²) < 4.78 is 29.0.